The van der Waals surface area contributed by atoms with Crippen molar-refractivity contribution >= 4 is 37.5 Å². The first-order valence-corrected chi connectivity index (χ1v) is 7.60. The summed E-state index contributed by atoms with van der Waals surface area (Å²) >= 11 is 3.09. The van der Waals surface area contributed by atoms with Gasteiger partial charge in [-0.3, -0.25) is 4.72 Å². The average molecular weight is 361 g/mol. The summed E-state index contributed by atoms with van der Waals surface area (Å²) < 4.78 is 40.0. The summed E-state index contributed by atoms with van der Waals surface area (Å²) in [4.78, 5) is 3.80. The van der Waals surface area contributed by atoms with E-state index in [0.29, 0.717) is 4.47 Å². The van der Waals surface area contributed by atoms with Crippen LogP contribution in [0, 0.1) is 5.82 Å². The predicted octanol–water partition coefficient (Wildman–Crippen LogP) is 2.07. The lowest BCUT2D eigenvalue weighted by molar-refractivity contribution is 0.601. The number of halogens is 2. The van der Waals surface area contributed by atoms with Gasteiger partial charge in [0, 0.05) is 16.7 Å². The van der Waals surface area contributed by atoms with E-state index in [2.05, 4.69) is 31.1 Å². The molecule has 0 aliphatic rings. The minimum Gasteiger partial charge on any atom is -0.308 e. The highest BCUT2D eigenvalue weighted by molar-refractivity contribution is 9.10. The molecule has 0 bridgehead atoms. The fourth-order valence-electron chi connectivity index (χ4n) is 1.43. The van der Waals surface area contributed by atoms with Crippen molar-refractivity contribution in [2.75, 3.05) is 10.1 Å². The Labute approximate surface area is 123 Å². The third-order valence-corrected chi connectivity index (χ3v) is 4.38. The van der Waals surface area contributed by atoms with Crippen LogP contribution in [0.2, 0.25) is 0 Å². The summed E-state index contributed by atoms with van der Waals surface area (Å²) in [6.07, 6.45) is 1.31. The zero-order chi connectivity index (χ0) is 14.8. The third-order valence-electron chi connectivity index (χ3n) is 2.37. The van der Waals surface area contributed by atoms with Crippen molar-refractivity contribution < 1.29 is 12.8 Å². The zero-order valence-electron chi connectivity index (χ0n) is 9.97. The summed E-state index contributed by atoms with van der Waals surface area (Å²) in [7, 11) is -3.82. The first-order valence-electron chi connectivity index (χ1n) is 5.33. The van der Waals surface area contributed by atoms with E-state index >= 15 is 0 Å². The number of aromatic nitrogens is 1. The van der Waals surface area contributed by atoms with Gasteiger partial charge in [0.15, 0.2) is 0 Å². The molecule has 0 atom stereocenters. The topological polar surface area (TPSA) is 97.1 Å². The standard InChI is InChI=1S/C11H10BrFN4O2S/c12-9-5-7(13)1-2-10(9)17-20(18,19)8-3-4-15-11(6-8)16-14/h1-6,17H,14H2,(H,15,16). The van der Waals surface area contributed by atoms with Gasteiger partial charge < -0.3 is 5.43 Å². The van der Waals surface area contributed by atoms with Crippen LogP contribution in [0.25, 0.3) is 0 Å². The molecule has 0 aliphatic carbocycles. The lowest BCUT2D eigenvalue weighted by atomic mass is 10.3. The van der Waals surface area contributed by atoms with Gasteiger partial charge in [-0.25, -0.2) is 23.6 Å². The van der Waals surface area contributed by atoms with Crippen molar-refractivity contribution in [3.63, 3.8) is 0 Å². The molecule has 0 radical (unpaired) electrons. The SMILES string of the molecule is NNc1cc(S(=O)(=O)Nc2ccc(F)cc2Br)ccn1. The summed E-state index contributed by atoms with van der Waals surface area (Å²) in [6.45, 7) is 0. The Morgan fingerprint density at radius 3 is 2.65 bits per heavy atom. The van der Waals surface area contributed by atoms with Crippen molar-refractivity contribution in [1.82, 2.24) is 4.98 Å². The van der Waals surface area contributed by atoms with Crippen LogP contribution in [0.15, 0.2) is 45.9 Å². The first kappa shape index (κ1) is 14.7. The summed E-state index contributed by atoms with van der Waals surface area (Å²) in [5, 5.41) is 0. The maximum atomic E-state index is 13.0. The number of rotatable bonds is 4. The van der Waals surface area contributed by atoms with Crippen LogP contribution in [0.3, 0.4) is 0 Å². The average Bonchev–Trinajstić information content (AvgIpc) is 2.42. The Morgan fingerprint density at radius 1 is 1.25 bits per heavy atom. The largest absolute Gasteiger partial charge is 0.308 e. The quantitative estimate of drug-likeness (QED) is 0.572. The summed E-state index contributed by atoms with van der Waals surface area (Å²) in [5.74, 6) is 4.92. The van der Waals surface area contributed by atoms with Gasteiger partial charge in [-0.1, -0.05) is 0 Å². The van der Waals surface area contributed by atoms with Crippen molar-refractivity contribution in [1.29, 1.82) is 0 Å². The number of benzene rings is 1. The van der Waals surface area contributed by atoms with Gasteiger partial charge in [-0.15, -0.1) is 0 Å². The van der Waals surface area contributed by atoms with Crippen molar-refractivity contribution in [3.8, 4) is 0 Å². The fourth-order valence-corrected chi connectivity index (χ4v) is 3.11. The summed E-state index contributed by atoms with van der Waals surface area (Å²) in [5.41, 5.74) is 2.49. The molecule has 0 fully saturated rings. The molecule has 20 heavy (non-hydrogen) atoms. The molecule has 2 aromatic rings. The van der Waals surface area contributed by atoms with E-state index in [1.165, 1.54) is 24.4 Å². The first-order chi connectivity index (χ1) is 9.42. The number of hydrogen-bond acceptors (Lipinski definition) is 5. The Hall–Kier alpha value is -1.71. The molecule has 9 heteroatoms. The van der Waals surface area contributed by atoms with E-state index in [1.807, 2.05) is 0 Å². The monoisotopic (exact) mass is 360 g/mol. The number of nitrogen functional groups attached to an aromatic ring is 1. The third kappa shape index (κ3) is 3.24. The molecule has 2 rings (SSSR count). The number of nitrogens with zero attached hydrogens (tertiary/aromatic N) is 1. The van der Waals surface area contributed by atoms with Crippen LogP contribution in [0.1, 0.15) is 0 Å². The number of anilines is 2. The molecule has 1 aromatic carbocycles. The molecule has 0 spiro atoms. The van der Waals surface area contributed by atoms with E-state index in [9.17, 15) is 12.8 Å². The Balaban J connectivity index is 2.35. The maximum Gasteiger partial charge on any atom is 0.262 e. The molecule has 0 unspecified atom stereocenters. The van der Waals surface area contributed by atoms with Crippen LogP contribution in [0.4, 0.5) is 15.9 Å². The fraction of sp³-hybridized carbons (Fsp3) is 0. The number of hydrogen-bond donors (Lipinski definition) is 3. The van der Waals surface area contributed by atoms with E-state index in [1.54, 1.807) is 0 Å². The molecule has 1 heterocycles. The van der Waals surface area contributed by atoms with Crippen molar-refractivity contribution in [2.24, 2.45) is 5.84 Å². The Bertz CT molecular complexity index is 739. The van der Waals surface area contributed by atoms with Crippen LogP contribution >= 0.6 is 15.9 Å². The lowest BCUT2D eigenvalue weighted by Gasteiger charge is -2.10. The van der Waals surface area contributed by atoms with Crippen LogP contribution < -0.4 is 16.0 Å². The van der Waals surface area contributed by atoms with Gasteiger partial charge in [0.1, 0.15) is 11.6 Å². The van der Waals surface area contributed by atoms with Gasteiger partial charge in [-0.05, 0) is 40.2 Å². The van der Waals surface area contributed by atoms with Gasteiger partial charge in [-0.2, -0.15) is 0 Å². The molecular weight excluding hydrogens is 351 g/mol. The predicted molar refractivity (Wildman–Crippen MR) is 77.0 cm³/mol. The van der Waals surface area contributed by atoms with Crippen LogP contribution in [-0.2, 0) is 10.0 Å². The summed E-state index contributed by atoms with van der Waals surface area (Å²) in [6, 6.07) is 6.24. The molecule has 0 amide bonds. The number of hydrazine groups is 1. The number of pyridine rings is 1. The maximum absolute atomic E-state index is 13.0. The molecule has 106 valence electrons. The highest BCUT2D eigenvalue weighted by atomic mass is 79.9. The smallest absolute Gasteiger partial charge is 0.262 e. The molecule has 0 saturated heterocycles. The molecule has 0 aliphatic heterocycles. The van der Waals surface area contributed by atoms with E-state index in [4.69, 9.17) is 5.84 Å². The highest BCUT2D eigenvalue weighted by Gasteiger charge is 2.16. The Morgan fingerprint density at radius 2 is 2.00 bits per heavy atom. The van der Waals surface area contributed by atoms with Gasteiger partial charge in [0.25, 0.3) is 10.0 Å². The molecule has 1 aromatic heterocycles. The van der Waals surface area contributed by atoms with E-state index in [-0.39, 0.29) is 16.4 Å². The second-order valence-corrected chi connectivity index (χ2v) is 6.29. The zero-order valence-corrected chi connectivity index (χ0v) is 12.4. The minimum absolute atomic E-state index is 0.0170. The van der Waals surface area contributed by atoms with Crippen LogP contribution in [-0.4, -0.2) is 13.4 Å². The number of sulfonamides is 1. The van der Waals surface area contributed by atoms with E-state index in [0.717, 1.165) is 12.1 Å². The van der Waals surface area contributed by atoms with Crippen LogP contribution in [0.5, 0.6) is 0 Å². The second kappa shape index (κ2) is 5.73. The number of nitrogens with two attached hydrogens (primary N) is 1. The van der Waals surface area contributed by atoms with Gasteiger partial charge >= 0.3 is 0 Å². The molecule has 4 N–H and O–H groups in total. The molecular formula is C11H10BrFN4O2S. The lowest BCUT2D eigenvalue weighted by Crippen LogP contribution is -2.15. The Kier molecular flexibility index (Phi) is 4.21. The highest BCUT2D eigenvalue weighted by Crippen LogP contribution is 2.26. The minimum atomic E-state index is -3.82. The number of nitrogens with one attached hydrogen (secondary N) is 2. The van der Waals surface area contributed by atoms with Crippen molar-refractivity contribution in [2.45, 2.75) is 4.90 Å². The van der Waals surface area contributed by atoms with E-state index < -0.39 is 15.8 Å². The normalized spacial score (nSPS) is 11.2. The second-order valence-electron chi connectivity index (χ2n) is 3.75. The van der Waals surface area contributed by atoms with Gasteiger partial charge in [0.05, 0.1) is 10.6 Å². The molecule has 6 nitrogen and oxygen atoms in total. The molecule has 0 saturated carbocycles. The van der Waals surface area contributed by atoms with Gasteiger partial charge in [0.2, 0.25) is 0 Å². The van der Waals surface area contributed by atoms with Crippen molar-refractivity contribution in [3.05, 3.63) is 46.8 Å².